The van der Waals surface area contributed by atoms with Gasteiger partial charge in [0.25, 0.3) is 0 Å². The van der Waals surface area contributed by atoms with Crippen LogP contribution in [0.2, 0.25) is 0 Å². The molecular weight excluding hydrogens is 697 g/mol. The summed E-state index contributed by atoms with van der Waals surface area (Å²) >= 11 is 0. The molecule has 0 unspecified atom stereocenters. The van der Waals surface area contributed by atoms with Crippen LogP contribution in [-0.4, -0.2) is 0 Å². The maximum atomic E-state index is 2.42. The Bertz CT molecular complexity index is 2010. The standard InChI is InChI=1S/C44H32P2.Pd/c1-5-19-35(20-6-1)45(36-21-7-2-8-22-36)41-31-29-33-17-13-15-27-39(33)43(41)44-40-28-16-14-18-34(40)30-32-42(44)46(37-23-9-3-10-24-37)38-25-11-4-12-26-38;/h1-32H;/q;+2. The number of fused-ring (bicyclic) bond motifs is 2. The van der Waals surface area contributed by atoms with Crippen LogP contribution in [-0.2, 0) is 20.4 Å². The number of hydrogen-bond donors (Lipinski definition) is 0. The first-order chi connectivity index (χ1) is 22.9. The van der Waals surface area contributed by atoms with E-state index in [1.165, 1.54) is 64.5 Å². The van der Waals surface area contributed by atoms with E-state index in [0.717, 1.165) is 0 Å². The Morgan fingerprint density at radius 1 is 0.255 bits per heavy atom. The third kappa shape index (κ3) is 6.15. The van der Waals surface area contributed by atoms with Gasteiger partial charge in [0.1, 0.15) is 0 Å². The number of benzene rings is 8. The van der Waals surface area contributed by atoms with Crippen molar-refractivity contribution < 1.29 is 20.4 Å². The molecule has 0 saturated carbocycles. The van der Waals surface area contributed by atoms with Gasteiger partial charge >= 0.3 is 20.4 Å². The van der Waals surface area contributed by atoms with Crippen molar-refractivity contribution in [2.75, 3.05) is 0 Å². The van der Waals surface area contributed by atoms with E-state index in [0.29, 0.717) is 0 Å². The van der Waals surface area contributed by atoms with Gasteiger partial charge in [-0.3, -0.25) is 0 Å². The van der Waals surface area contributed by atoms with E-state index >= 15 is 0 Å². The second-order valence-electron chi connectivity index (χ2n) is 11.4. The van der Waals surface area contributed by atoms with E-state index in [9.17, 15) is 0 Å². The van der Waals surface area contributed by atoms with Gasteiger partial charge in [0.2, 0.25) is 0 Å². The maximum absolute atomic E-state index is 2.42. The zero-order valence-electron chi connectivity index (χ0n) is 25.7. The van der Waals surface area contributed by atoms with Crippen LogP contribution >= 0.6 is 15.8 Å². The summed E-state index contributed by atoms with van der Waals surface area (Å²) in [6.45, 7) is 0. The Hall–Kier alpha value is -4.20. The van der Waals surface area contributed by atoms with Crippen LogP contribution in [0.3, 0.4) is 0 Å². The Balaban J connectivity index is 0.00000351. The molecule has 0 N–H and O–H groups in total. The van der Waals surface area contributed by atoms with Crippen molar-refractivity contribution in [3.8, 4) is 11.1 Å². The average molecular weight is 729 g/mol. The van der Waals surface area contributed by atoms with Crippen LogP contribution < -0.4 is 31.8 Å². The van der Waals surface area contributed by atoms with Gasteiger partial charge < -0.3 is 0 Å². The molecule has 8 aromatic carbocycles. The summed E-state index contributed by atoms with van der Waals surface area (Å²) in [5.41, 5.74) is 2.70. The van der Waals surface area contributed by atoms with Gasteiger partial charge in [-0.05, 0) is 80.3 Å². The van der Waals surface area contributed by atoms with Gasteiger partial charge in [0.05, 0.1) is 0 Å². The van der Waals surface area contributed by atoms with Gasteiger partial charge in [0, 0.05) is 0 Å². The van der Waals surface area contributed by atoms with Crippen molar-refractivity contribution in [3.05, 3.63) is 194 Å². The number of hydrogen-bond acceptors (Lipinski definition) is 0. The first kappa shape index (κ1) is 31.4. The molecule has 0 aliphatic rings. The van der Waals surface area contributed by atoms with Crippen LogP contribution in [0.25, 0.3) is 32.7 Å². The molecule has 0 bridgehead atoms. The SMILES string of the molecule is [Pd+2].c1ccc(P(c2ccccc2)c2ccc3ccccc3c2-c2c(P(c3ccccc3)c3ccccc3)ccc3ccccc23)cc1. The van der Waals surface area contributed by atoms with Crippen LogP contribution in [0.15, 0.2) is 194 Å². The molecule has 0 amide bonds. The Labute approximate surface area is 293 Å². The smallest absolute Gasteiger partial charge is 0.0622 e. The Kier molecular flexibility index (Phi) is 9.54. The molecule has 0 nitrogen and oxygen atoms in total. The van der Waals surface area contributed by atoms with Crippen molar-refractivity contribution in [2.24, 2.45) is 0 Å². The minimum Gasteiger partial charge on any atom is -0.0622 e. The monoisotopic (exact) mass is 728 g/mol. The summed E-state index contributed by atoms with van der Waals surface area (Å²) in [4.78, 5) is 0. The van der Waals surface area contributed by atoms with Gasteiger partial charge in [-0.1, -0.05) is 194 Å². The predicted molar refractivity (Wildman–Crippen MR) is 204 cm³/mol. The van der Waals surface area contributed by atoms with Crippen LogP contribution in [0.1, 0.15) is 0 Å². The molecule has 0 atom stereocenters. The molecule has 0 heterocycles. The molecule has 0 spiro atoms. The molecule has 8 aromatic rings. The first-order valence-electron chi connectivity index (χ1n) is 15.7. The third-order valence-corrected chi connectivity index (χ3v) is 13.6. The first-order valence-corrected chi connectivity index (χ1v) is 18.4. The van der Waals surface area contributed by atoms with Crippen LogP contribution in [0.5, 0.6) is 0 Å². The fourth-order valence-electron chi connectivity index (χ4n) is 6.58. The quantitative estimate of drug-likeness (QED) is 0.114. The second-order valence-corrected chi connectivity index (χ2v) is 15.7. The average Bonchev–Trinajstić information content (AvgIpc) is 3.14. The molecule has 0 aliphatic heterocycles. The van der Waals surface area contributed by atoms with Crippen molar-refractivity contribution in [1.29, 1.82) is 0 Å². The van der Waals surface area contributed by atoms with Crippen molar-refractivity contribution in [2.45, 2.75) is 0 Å². The molecular formula is C44H32P2Pd+2. The largest absolute Gasteiger partial charge is 2.00 e. The van der Waals surface area contributed by atoms with Gasteiger partial charge in [-0.15, -0.1) is 0 Å². The molecule has 0 saturated heterocycles. The second kappa shape index (κ2) is 14.3. The molecule has 3 heteroatoms. The summed E-state index contributed by atoms with van der Waals surface area (Å²) in [5.74, 6) is 0. The normalized spacial score (nSPS) is 11.2. The molecule has 47 heavy (non-hydrogen) atoms. The van der Waals surface area contributed by atoms with Crippen molar-refractivity contribution in [1.82, 2.24) is 0 Å². The topological polar surface area (TPSA) is 0 Å². The van der Waals surface area contributed by atoms with E-state index in [2.05, 4.69) is 194 Å². The zero-order chi connectivity index (χ0) is 30.7. The van der Waals surface area contributed by atoms with Crippen molar-refractivity contribution >= 4 is 69.2 Å². The molecule has 0 fully saturated rings. The van der Waals surface area contributed by atoms with E-state index < -0.39 is 15.8 Å². The van der Waals surface area contributed by atoms with E-state index in [4.69, 9.17) is 0 Å². The maximum Gasteiger partial charge on any atom is 2.00 e. The molecule has 0 radical (unpaired) electrons. The fourth-order valence-corrected chi connectivity index (χ4v) is 11.5. The van der Waals surface area contributed by atoms with Crippen LogP contribution in [0, 0.1) is 0 Å². The van der Waals surface area contributed by atoms with E-state index in [-0.39, 0.29) is 20.4 Å². The van der Waals surface area contributed by atoms with E-state index in [1.54, 1.807) is 0 Å². The molecule has 8 rings (SSSR count). The van der Waals surface area contributed by atoms with Gasteiger partial charge in [-0.2, -0.15) is 0 Å². The minimum atomic E-state index is -0.852. The molecule has 226 valence electrons. The third-order valence-electron chi connectivity index (χ3n) is 8.60. The summed E-state index contributed by atoms with van der Waals surface area (Å²) in [5, 5.41) is 13.3. The van der Waals surface area contributed by atoms with E-state index in [1.807, 2.05) is 0 Å². The Morgan fingerprint density at radius 2 is 0.532 bits per heavy atom. The van der Waals surface area contributed by atoms with Crippen LogP contribution in [0.4, 0.5) is 0 Å². The summed E-state index contributed by atoms with van der Waals surface area (Å²) < 4.78 is 0. The fraction of sp³-hybridized carbons (Fsp3) is 0. The zero-order valence-corrected chi connectivity index (χ0v) is 29.0. The number of rotatable bonds is 7. The molecule has 0 aliphatic carbocycles. The Morgan fingerprint density at radius 3 is 0.851 bits per heavy atom. The predicted octanol–water partition coefficient (Wildman–Crippen LogP) is 9.17. The minimum absolute atomic E-state index is 0. The molecule has 0 aromatic heterocycles. The summed E-state index contributed by atoms with van der Waals surface area (Å²) in [7, 11) is -1.70. The summed E-state index contributed by atoms with van der Waals surface area (Å²) in [6.07, 6.45) is 0. The summed E-state index contributed by atoms with van der Waals surface area (Å²) in [6, 6.07) is 71.8. The van der Waals surface area contributed by atoms with Gasteiger partial charge in [-0.25, -0.2) is 0 Å². The van der Waals surface area contributed by atoms with Crippen molar-refractivity contribution in [3.63, 3.8) is 0 Å². The van der Waals surface area contributed by atoms with Gasteiger partial charge in [0.15, 0.2) is 0 Å².